The number of benzene rings is 3. The molecule has 2 heteroatoms. The van der Waals surface area contributed by atoms with Crippen molar-refractivity contribution in [3.63, 3.8) is 0 Å². The van der Waals surface area contributed by atoms with Gasteiger partial charge in [0, 0.05) is 25.0 Å². The van der Waals surface area contributed by atoms with Gasteiger partial charge >= 0.3 is 0 Å². The van der Waals surface area contributed by atoms with Gasteiger partial charge < -0.3 is 0 Å². The first-order chi connectivity index (χ1) is 11.7. The van der Waals surface area contributed by atoms with Crippen LogP contribution in [0.2, 0.25) is 0 Å². The molecule has 0 aliphatic heterocycles. The molecule has 0 saturated heterocycles. The van der Waals surface area contributed by atoms with Crippen molar-refractivity contribution in [2.45, 2.75) is 13.8 Å². The van der Waals surface area contributed by atoms with Crippen molar-refractivity contribution < 1.29 is 0 Å². The predicted molar refractivity (Wildman–Crippen MR) is 110 cm³/mol. The highest BCUT2D eigenvalue weighted by molar-refractivity contribution is 7.20. The summed E-state index contributed by atoms with van der Waals surface area (Å²) >= 11 is 3.69. The zero-order valence-electron chi connectivity index (χ0n) is 13.4. The molecule has 0 fully saturated rings. The molecule has 0 atom stereocenters. The van der Waals surface area contributed by atoms with E-state index in [-0.39, 0.29) is 0 Å². The maximum absolute atomic E-state index is 3.20. The van der Waals surface area contributed by atoms with Crippen LogP contribution < -0.4 is 0 Å². The van der Waals surface area contributed by atoms with Crippen LogP contribution in [-0.4, -0.2) is 0 Å². The molecule has 0 aliphatic carbocycles. The van der Waals surface area contributed by atoms with Gasteiger partial charge in [-0.1, -0.05) is 30.2 Å². The lowest BCUT2D eigenvalue weighted by atomic mass is 10.0. The Labute approximate surface area is 148 Å². The number of hydrogen-bond acceptors (Lipinski definition) is 2. The average molecular weight is 342 g/mol. The fraction of sp³-hybridized carbons (Fsp3) is 0.0909. The van der Waals surface area contributed by atoms with Crippen molar-refractivity contribution in [1.82, 2.24) is 0 Å². The second kappa shape index (κ2) is 5.08. The summed E-state index contributed by atoms with van der Waals surface area (Å²) in [6.45, 7) is 4.08. The van der Waals surface area contributed by atoms with Gasteiger partial charge in [0.2, 0.25) is 0 Å². The van der Waals surface area contributed by atoms with Crippen molar-refractivity contribution in [2.24, 2.45) is 0 Å². The highest BCUT2D eigenvalue weighted by atomic mass is 32.1. The van der Waals surface area contributed by atoms with Crippen molar-refractivity contribution in [3.05, 3.63) is 58.3 Å². The summed E-state index contributed by atoms with van der Waals surface area (Å²) in [5.74, 6) is 6.20. The van der Waals surface area contributed by atoms with Gasteiger partial charge in [0.05, 0.1) is 4.88 Å². The van der Waals surface area contributed by atoms with E-state index >= 15 is 0 Å². The summed E-state index contributed by atoms with van der Waals surface area (Å²) in [4.78, 5) is 2.51. The molecular weight excluding hydrogens is 328 g/mol. The molecule has 0 saturated carbocycles. The molecule has 24 heavy (non-hydrogen) atoms. The van der Waals surface area contributed by atoms with Crippen LogP contribution >= 0.6 is 22.7 Å². The Hall–Kier alpha value is -2.34. The third-order valence-electron chi connectivity index (χ3n) is 4.49. The Kier molecular flexibility index (Phi) is 2.97. The minimum atomic E-state index is 1.14. The Morgan fingerprint density at radius 3 is 1.96 bits per heavy atom. The van der Waals surface area contributed by atoms with Gasteiger partial charge in [-0.3, -0.25) is 0 Å². The fourth-order valence-corrected chi connectivity index (χ4v) is 5.58. The summed E-state index contributed by atoms with van der Waals surface area (Å²) in [7, 11) is 0. The molecule has 0 N–H and O–H groups in total. The highest BCUT2D eigenvalue weighted by Crippen LogP contribution is 2.38. The lowest BCUT2D eigenvalue weighted by Gasteiger charge is -2.05. The van der Waals surface area contributed by atoms with Crippen LogP contribution in [-0.2, 0) is 0 Å². The average Bonchev–Trinajstić information content (AvgIpc) is 3.16. The molecule has 0 amide bonds. The normalized spacial score (nSPS) is 11.4. The summed E-state index contributed by atoms with van der Waals surface area (Å²) in [5, 5.41) is 7.97. The van der Waals surface area contributed by atoms with Gasteiger partial charge in [-0.05, 0) is 59.7 Å². The molecule has 0 spiro atoms. The first kappa shape index (κ1) is 14.0. The second-order valence-corrected chi connectivity index (χ2v) is 8.41. The molecule has 0 radical (unpaired) electrons. The van der Waals surface area contributed by atoms with E-state index in [1.54, 1.807) is 11.3 Å². The summed E-state index contributed by atoms with van der Waals surface area (Å²) in [5.41, 5.74) is 0. The number of hydrogen-bond donors (Lipinski definition) is 0. The van der Waals surface area contributed by atoms with Crippen molar-refractivity contribution >= 4 is 64.4 Å². The number of thiophene rings is 2. The van der Waals surface area contributed by atoms with Crippen molar-refractivity contribution in [2.75, 3.05) is 0 Å². The second-order valence-electron chi connectivity index (χ2n) is 6.11. The van der Waals surface area contributed by atoms with Crippen LogP contribution in [0.25, 0.3) is 41.7 Å². The zero-order chi connectivity index (χ0) is 16.3. The van der Waals surface area contributed by atoms with Gasteiger partial charge in [-0.25, -0.2) is 0 Å². The minimum Gasteiger partial charge on any atom is -0.140 e. The van der Waals surface area contributed by atoms with Gasteiger partial charge in [-0.15, -0.1) is 28.6 Å². The molecule has 2 aromatic heterocycles. The molecule has 5 rings (SSSR count). The molecule has 3 aromatic carbocycles. The van der Waals surface area contributed by atoms with Crippen LogP contribution in [0.3, 0.4) is 0 Å². The van der Waals surface area contributed by atoms with Gasteiger partial charge in [0.1, 0.15) is 0 Å². The molecule has 0 bridgehead atoms. The van der Waals surface area contributed by atoms with E-state index in [1.807, 2.05) is 18.3 Å². The molecule has 0 nitrogen and oxygen atoms in total. The quantitative estimate of drug-likeness (QED) is 0.208. The fourth-order valence-electron chi connectivity index (χ4n) is 3.45. The van der Waals surface area contributed by atoms with Crippen LogP contribution in [0.15, 0.2) is 48.5 Å². The lowest BCUT2D eigenvalue weighted by molar-refractivity contribution is 1.66. The number of aryl methyl sites for hydroxylation is 1. The third kappa shape index (κ3) is 1.99. The lowest BCUT2D eigenvalue weighted by Crippen LogP contribution is -1.77. The number of rotatable bonds is 0. The van der Waals surface area contributed by atoms with Gasteiger partial charge in [0.15, 0.2) is 0 Å². The zero-order valence-corrected chi connectivity index (χ0v) is 15.1. The standard InChI is InChI=1S/C22H14S2/c1-3-4-18-10-17-8-6-15-11-19-14(12-20(15)22(17)24-18)5-7-16-9-13(2)23-21(16)19/h5-12H,1-2H3. The maximum atomic E-state index is 3.20. The van der Waals surface area contributed by atoms with Crippen LogP contribution in [0.5, 0.6) is 0 Å². The van der Waals surface area contributed by atoms with Crippen molar-refractivity contribution in [1.29, 1.82) is 0 Å². The maximum Gasteiger partial charge on any atom is 0.0781 e. The van der Waals surface area contributed by atoms with Gasteiger partial charge in [0.25, 0.3) is 0 Å². The molecule has 2 heterocycles. The van der Waals surface area contributed by atoms with E-state index in [0.717, 1.165) is 4.88 Å². The first-order valence-electron chi connectivity index (χ1n) is 7.95. The van der Waals surface area contributed by atoms with E-state index in [0.29, 0.717) is 0 Å². The van der Waals surface area contributed by atoms with E-state index in [9.17, 15) is 0 Å². The summed E-state index contributed by atoms with van der Waals surface area (Å²) < 4.78 is 2.74. The Morgan fingerprint density at radius 2 is 1.29 bits per heavy atom. The third-order valence-corrected chi connectivity index (χ3v) is 6.69. The van der Waals surface area contributed by atoms with E-state index < -0.39 is 0 Å². The largest absolute Gasteiger partial charge is 0.140 e. The molecular formula is C22H14S2. The summed E-state index contributed by atoms with van der Waals surface area (Å²) in [6.07, 6.45) is 0. The van der Waals surface area contributed by atoms with E-state index in [1.165, 1.54) is 46.6 Å². The van der Waals surface area contributed by atoms with E-state index in [2.05, 4.69) is 67.3 Å². The SMILES string of the molecule is CC#Cc1cc2ccc3cc4c(ccc5cc(C)sc54)cc3c2s1. The number of fused-ring (bicyclic) bond motifs is 6. The predicted octanol–water partition coefficient (Wildman–Crippen LogP) is 7.10. The summed E-state index contributed by atoms with van der Waals surface area (Å²) in [6, 6.07) is 18.1. The van der Waals surface area contributed by atoms with Gasteiger partial charge in [-0.2, -0.15) is 0 Å². The minimum absolute atomic E-state index is 1.14. The van der Waals surface area contributed by atoms with Crippen LogP contribution in [0, 0.1) is 18.8 Å². The smallest absolute Gasteiger partial charge is 0.0781 e. The Morgan fingerprint density at radius 1 is 0.708 bits per heavy atom. The Balaban J connectivity index is 1.93. The Bertz CT molecular complexity index is 1320. The topological polar surface area (TPSA) is 0 Å². The first-order valence-corrected chi connectivity index (χ1v) is 9.58. The molecule has 114 valence electrons. The highest BCUT2D eigenvalue weighted by Gasteiger charge is 2.09. The van der Waals surface area contributed by atoms with E-state index in [4.69, 9.17) is 0 Å². The molecule has 0 unspecified atom stereocenters. The van der Waals surface area contributed by atoms with Crippen molar-refractivity contribution in [3.8, 4) is 11.8 Å². The molecule has 5 aromatic rings. The monoisotopic (exact) mass is 342 g/mol. The molecule has 0 aliphatic rings. The van der Waals surface area contributed by atoms with Crippen LogP contribution in [0.4, 0.5) is 0 Å². The van der Waals surface area contributed by atoms with Crippen LogP contribution in [0.1, 0.15) is 16.7 Å².